The van der Waals surface area contributed by atoms with E-state index >= 15 is 0 Å². The molecular weight excluding hydrogens is 238 g/mol. The summed E-state index contributed by atoms with van der Waals surface area (Å²) in [6, 6.07) is 2.12. The summed E-state index contributed by atoms with van der Waals surface area (Å²) < 4.78 is 0. The smallest absolute Gasteiger partial charge is 0.274 e. The number of carbonyl (C=O) groups is 1. The van der Waals surface area contributed by atoms with Crippen molar-refractivity contribution >= 4 is 17.4 Å². The van der Waals surface area contributed by atoms with Crippen LogP contribution in [0.15, 0.2) is 18.3 Å². The second kappa shape index (κ2) is 4.96. The molecule has 1 aromatic heterocycles. The lowest BCUT2D eigenvalue weighted by Gasteiger charge is -2.34. The van der Waals surface area contributed by atoms with Gasteiger partial charge in [0.25, 0.3) is 5.69 Å². The zero-order valence-electron chi connectivity index (χ0n) is 9.57. The van der Waals surface area contributed by atoms with Gasteiger partial charge in [-0.05, 0) is 0 Å². The van der Waals surface area contributed by atoms with Crippen LogP contribution in [0.4, 0.5) is 11.5 Å². The highest BCUT2D eigenvalue weighted by atomic mass is 16.6. The average Bonchev–Trinajstić information content (AvgIpc) is 2.39. The molecule has 0 bridgehead atoms. The number of anilines is 1. The van der Waals surface area contributed by atoms with Gasteiger partial charge in [0.05, 0.1) is 11.0 Å². The summed E-state index contributed by atoms with van der Waals surface area (Å²) in [6.45, 7) is 1.62. The maximum Gasteiger partial charge on any atom is 0.274 e. The Hall–Kier alpha value is -2.22. The topological polar surface area (TPSA) is 114 Å². The van der Waals surface area contributed by atoms with Crippen molar-refractivity contribution in [3.8, 4) is 0 Å². The second-order valence-corrected chi connectivity index (χ2v) is 3.95. The number of amides is 1. The molecule has 1 fully saturated rings. The third-order valence-corrected chi connectivity index (χ3v) is 2.81. The first-order valence-corrected chi connectivity index (χ1v) is 5.46. The molecule has 1 aromatic rings. The average molecular weight is 251 g/mol. The number of nitrogens with one attached hydrogen (secondary N) is 1. The lowest BCUT2D eigenvalue weighted by Crippen LogP contribution is -2.57. The van der Waals surface area contributed by atoms with Crippen molar-refractivity contribution in [3.63, 3.8) is 0 Å². The van der Waals surface area contributed by atoms with Gasteiger partial charge >= 0.3 is 0 Å². The monoisotopic (exact) mass is 251 g/mol. The number of nitrogens with zero attached hydrogens (tertiary/aromatic N) is 3. The number of nitro groups is 1. The molecule has 1 atom stereocenters. The predicted octanol–water partition coefficient (Wildman–Crippen LogP) is -0.747. The van der Waals surface area contributed by atoms with Crippen LogP contribution in [-0.2, 0) is 4.79 Å². The van der Waals surface area contributed by atoms with Gasteiger partial charge in [0.2, 0.25) is 5.91 Å². The molecule has 0 spiro atoms. The van der Waals surface area contributed by atoms with Crippen molar-refractivity contribution in [1.29, 1.82) is 0 Å². The van der Waals surface area contributed by atoms with Crippen LogP contribution in [0.1, 0.15) is 0 Å². The summed E-state index contributed by atoms with van der Waals surface area (Å²) in [4.78, 5) is 27.3. The summed E-state index contributed by atoms with van der Waals surface area (Å²) >= 11 is 0. The molecule has 1 unspecified atom stereocenters. The van der Waals surface area contributed by atoms with E-state index < -0.39 is 16.9 Å². The molecule has 18 heavy (non-hydrogen) atoms. The van der Waals surface area contributed by atoms with Gasteiger partial charge in [-0.3, -0.25) is 14.9 Å². The van der Waals surface area contributed by atoms with Crippen LogP contribution in [0, 0.1) is 10.1 Å². The van der Waals surface area contributed by atoms with E-state index in [9.17, 15) is 14.9 Å². The Balaban J connectivity index is 2.30. The molecule has 2 heterocycles. The highest BCUT2D eigenvalue weighted by Crippen LogP contribution is 2.20. The fraction of sp³-hybridized carbons (Fsp3) is 0.400. The summed E-state index contributed by atoms with van der Waals surface area (Å²) in [7, 11) is 0. The van der Waals surface area contributed by atoms with Crippen LogP contribution in [0.5, 0.6) is 0 Å². The minimum Gasteiger partial charge on any atom is -0.368 e. The molecule has 1 aliphatic heterocycles. The van der Waals surface area contributed by atoms with Crippen molar-refractivity contribution in [2.45, 2.75) is 6.04 Å². The van der Waals surface area contributed by atoms with Crippen molar-refractivity contribution in [3.05, 3.63) is 28.4 Å². The molecule has 0 aromatic carbocycles. The fourth-order valence-corrected chi connectivity index (χ4v) is 1.91. The number of carbonyl (C=O) groups excluding carboxylic acids is 1. The number of piperazine rings is 1. The molecular formula is C10H13N5O3. The number of pyridine rings is 1. The van der Waals surface area contributed by atoms with Gasteiger partial charge in [0.1, 0.15) is 11.9 Å². The molecule has 0 radical (unpaired) electrons. The third-order valence-electron chi connectivity index (χ3n) is 2.81. The van der Waals surface area contributed by atoms with E-state index in [4.69, 9.17) is 5.73 Å². The van der Waals surface area contributed by atoms with E-state index in [0.29, 0.717) is 25.5 Å². The largest absolute Gasteiger partial charge is 0.368 e. The van der Waals surface area contributed by atoms with Crippen LogP contribution in [-0.4, -0.2) is 41.5 Å². The molecule has 2 rings (SSSR count). The Morgan fingerprint density at radius 1 is 1.67 bits per heavy atom. The Bertz CT molecular complexity index is 478. The maximum atomic E-state index is 11.3. The van der Waals surface area contributed by atoms with E-state index in [-0.39, 0.29) is 5.69 Å². The summed E-state index contributed by atoms with van der Waals surface area (Å²) in [5, 5.41) is 13.8. The van der Waals surface area contributed by atoms with Crippen LogP contribution in [0.3, 0.4) is 0 Å². The fourth-order valence-electron chi connectivity index (χ4n) is 1.91. The van der Waals surface area contributed by atoms with E-state index in [1.165, 1.54) is 18.3 Å². The molecule has 3 N–H and O–H groups in total. The first-order valence-electron chi connectivity index (χ1n) is 5.46. The Kier molecular flexibility index (Phi) is 3.38. The zero-order valence-corrected chi connectivity index (χ0v) is 9.57. The van der Waals surface area contributed by atoms with Gasteiger partial charge in [-0.25, -0.2) is 4.98 Å². The van der Waals surface area contributed by atoms with Crippen LogP contribution in [0.2, 0.25) is 0 Å². The van der Waals surface area contributed by atoms with Crippen molar-refractivity contribution in [1.82, 2.24) is 10.3 Å². The SMILES string of the molecule is NC(=O)C1CNCCN1c1cc([N+](=O)[O-])ccn1. The Labute approximate surface area is 103 Å². The van der Waals surface area contributed by atoms with E-state index in [1.54, 1.807) is 4.90 Å². The number of nitrogens with two attached hydrogens (primary N) is 1. The first-order chi connectivity index (χ1) is 8.59. The minimum atomic E-state index is -0.534. The molecule has 1 aliphatic rings. The quantitative estimate of drug-likeness (QED) is 0.539. The molecule has 0 aliphatic carbocycles. The van der Waals surface area contributed by atoms with Gasteiger partial charge in [0.15, 0.2) is 0 Å². The highest BCUT2D eigenvalue weighted by molar-refractivity contribution is 5.84. The predicted molar refractivity (Wildman–Crippen MR) is 64.1 cm³/mol. The maximum absolute atomic E-state index is 11.3. The number of rotatable bonds is 3. The molecule has 96 valence electrons. The summed E-state index contributed by atoms with van der Waals surface area (Å²) in [5.41, 5.74) is 5.26. The molecule has 8 heteroatoms. The standard InChI is InChI=1S/C10H13N5O3/c11-10(16)8-6-12-3-4-14(8)9-5-7(15(17)18)1-2-13-9/h1-2,5,8,12H,3-4,6H2,(H2,11,16). The minimum absolute atomic E-state index is 0.0539. The van der Waals surface area contributed by atoms with Crippen LogP contribution >= 0.6 is 0 Å². The number of hydrogen-bond acceptors (Lipinski definition) is 6. The van der Waals surface area contributed by atoms with Gasteiger partial charge in [0, 0.05) is 31.9 Å². The summed E-state index contributed by atoms with van der Waals surface area (Å²) in [6.07, 6.45) is 1.35. The van der Waals surface area contributed by atoms with Crippen LogP contribution in [0.25, 0.3) is 0 Å². The molecule has 0 saturated carbocycles. The Morgan fingerprint density at radius 3 is 3.11 bits per heavy atom. The second-order valence-electron chi connectivity index (χ2n) is 3.95. The van der Waals surface area contributed by atoms with E-state index in [1.807, 2.05) is 0 Å². The highest BCUT2D eigenvalue weighted by Gasteiger charge is 2.28. The first kappa shape index (κ1) is 12.2. The lowest BCUT2D eigenvalue weighted by atomic mass is 10.2. The number of aromatic nitrogens is 1. The molecule has 1 saturated heterocycles. The molecule has 8 nitrogen and oxygen atoms in total. The molecule has 1 amide bonds. The van der Waals surface area contributed by atoms with Crippen LogP contribution < -0.4 is 16.0 Å². The Morgan fingerprint density at radius 2 is 2.44 bits per heavy atom. The van der Waals surface area contributed by atoms with Gasteiger partial charge in [-0.1, -0.05) is 0 Å². The van der Waals surface area contributed by atoms with Crippen molar-refractivity contribution < 1.29 is 9.72 Å². The van der Waals surface area contributed by atoms with Gasteiger partial charge < -0.3 is 16.0 Å². The third kappa shape index (κ3) is 2.38. The van der Waals surface area contributed by atoms with Crippen molar-refractivity contribution in [2.24, 2.45) is 5.73 Å². The van der Waals surface area contributed by atoms with Crippen molar-refractivity contribution in [2.75, 3.05) is 24.5 Å². The number of hydrogen-bond donors (Lipinski definition) is 2. The lowest BCUT2D eigenvalue weighted by molar-refractivity contribution is -0.384. The normalized spacial score (nSPS) is 19.6. The van der Waals surface area contributed by atoms with Gasteiger partial charge in [-0.2, -0.15) is 0 Å². The van der Waals surface area contributed by atoms with Gasteiger partial charge in [-0.15, -0.1) is 0 Å². The zero-order chi connectivity index (χ0) is 13.1. The van der Waals surface area contributed by atoms with E-state index in [0.717, 1.165) is 0 Å². The number of primary amides is 1. The van der Waals surface area contributed by atoms with E-state index in [2.05, 4.69) is 10.3 Å². The summed E-state index contributed by atoms with van der Waals surface area (Å²) in [5.74, 6) is -0.0787.